The number of nitrogens with one attached hydrogen (secondary N) is 1. The highest BCUT2D eigenvalue weighted by Crippen LogP contribution is 2.35. The molecule has 2 N–H and O–H groups in total. The van der Waals surface area contributed by atoms with Gasteiger partial charge in [-0.1, -0.05) is 22.9 Å². The molecular formula is C21H23BrN2O4. The van der Waals surface area contributed by atoms with Crippen LogP contribution in [0.2, 0.25) is 0 Å². The van der Waals surface area contributed by atoms with Gasteiger partial charge in [-0.3, -0.25) is 4.79 Å². The van der Waals surface area contributed by atoms with E-state index in [1.807, 2.05) is 19.1 Å². The van der Waals surface area contributed by atoms with Crippen molar-refractivity contribution in [3.05, 3.63) is 57.6 Å². The fourth-order valence-electron chi connectivity index (χ4n) is 2.77. The number of hydrogen-bond donors (Lipinski definition) is 2. The van der Waals surface area contributed by atoms with Crippen molar-refractivity contribution in [1.29, 1.82) is 5.26 Å². The molecule has 0 heterocycles. The summed E-state index contributed by atoms with van der Waals surface area (Å²) in [6.45, 7) is 3.55. The molecule has 0 aliphatic heterocycles. The molecule has 2 rings (SSSR count). The number of anilines is 1. The first-order chi connectivity index (χ1) is 13.5. The number of aliphatic hydroxyl groups excluding tert-OH is 1. The van der Waals surface area contributed by atoms with Crippen molar-refractivity contribution in [2.75, 3.05) is 25.1 Å². The Balaban J connectivity index is 2.44. The van der Waals surface area contributed by atoms with Crippen LogP contribution in [0.15, 0.2) is 40.9 Å². The van der Waals surface area contributed by atoms with E-state index < -0.39 is 0 Å². The molecule has 0 aliphatic carbocycles. The van der Waals surface area contributed by atoms with Crippen LogP contribution in [-0.4, -0.2) is 30.9 Å². The van der Waals surface area contributed by atoms with E-state index in [0.29, 0.717) is 11.3 Å². The highest BCUT2D eigenvalue weighted by atomic mass is 79.9. The first-order valence-corrected chi connectivity index (χ1v) is 9.73. The lowest BCUT2D eigenvalue weighted by molar-refractivity contribution is -0.141. The van der Waals surface area contributed by atoms with Gasteiger partial charge in [-0.2, -0.15) is 5.26 Å². The lowest BCUT2D eigenvalue weighted by atomic mass is 10.0. The molecule has 0 saturated carbocycles. The maximum atomic E-state index is 11.4. The molecule has 0 fully saturated rings. The van der Waals surface area contributed by atoms with E-state index in [-0.39, 0.29) is 31.8 Å². The van der Waals surface area contributed by atoms with Crippen molar-refractivity contribution >= 4 is 27.6 Å². The van der Waals surface area contributed by atoms with Crippen LogP contribution < -0.4 is 10.1 Å². The van der Waals surface area contributed by atoms with E-state index in [2.05, 4.69) is 27.3 Å². The summed E-state index contributed by atoms with van der Waals surface area (Å²) in [4.78, 5) is 11.4. The normalized spacial score (nSPS) is 11.4. The van der Waals surface area contributed by atoms with E-state index in [9.17, 15) is 9.90 Å². The number of aryl methyl sites for hydroxylation is 1. The van der Waals surface area contributed by atoms with Crippen molar-refractivity contribution < 1.29 is 19.4 Å². The molecule has 0 aliphatic rings. The predicted octanol–water partition coefficient (Wildman–Crippen LogP) is 3.97. The number of carbonyl (C=O) groups is 1. The Labute approximate surface area is 173 Å². The molecule has 2 aromatic carbocycles. The van der Waals surface area contributed by atoms with Crippen LogP contribution in [0.3, 0.4) is 0 Å². The number of halogens is 1. The standard InChI is InChI=1S/C21H23BrN2O4/c1-3-16-10-17(22)11-19(21(16)27-9-8-25)20(13-28-14(2)26)24-18-6-4-15(12-23)5-7-18/h4-7,10-11,20,24-25H,3,8-9,13H2,1-2H3. The van der Waals surface area contributed by atoms with Gasteiger partial charge in [0.2, 0.25) is 0 Å². The predicted molar refractivity (Wildman–Crippen MR) is 110 cm³/mol. The van der Waals surface area contributed by atoms with E-state index in [0.717, 1.165) is 27.7 Å². The zero-order chi connectivity index (χ0) is 20.5. The average molecular weight is 447 g/mol. The first-order valence-electron chi connectivity index (χ1n) is 8.94. The molecule has 148 valence electrons. The Hall–Kier alpha value is -2.56. The number of hydrogen-bond acceptors (Lipinski definition) is 6. The van der Waals surface area contributed by atoms with Crippen molar-refractivity contribution in [1.82, 2.24) is 0 Å². The number of ether oxygens (including phenoxy) is 2. The number of aliphatic hydroxyl groups is 1. The maximum absolute atomic E-state index is 11.4. The molecule has 7 heteroatoms. The zero-order valence-corrected chi connectivity index (χ0v) is 17.5. The quantitative estimate of drug-likeness (QED) is 0.566. The lowest BCUT2D eigenvalue weighted by Gasteiger charge is -2.24. The van der Waals surface area contributed by atoms with E-state index >= 15 is 0 Å². The van der Waals surface area contributed by atoms with Crippen molar-refractivity contribution in [3.63, 3.8) is 0 Å². The summed E-state index contributed by atoms with van der Waals surface area (Å²) in [7, 11) is 0. The summed E-state index contributed by atoms with van der Waals surface area (Å²) < 4.78 is 12.0. The third kappa shape index (κ3) is 5.98. The Kier molecular flexibility index (Phi) is 8.30. The van der Waals surface area contributed by atoms with Crippen LogP contribution in [-0.2, 0) is 16.0 Å². The number of nitrogens with zero attached hydrogens (tertiary/aromatic N) is 1. The molecule has 0 bridgehead atoms. The molecule has 28 heavy (non-hydrogen) atoms. The molecule has 1 unspecified atom stereocenters. The van der Waals surface area contributed by atoms with Crippen LogP contribution in [0, 0.1) is 11.3 Å². The fraction of sp³-hybridized carbons (Fsp3) is 0.333. The Morgan fingerprint density at radius 1 is 1.32 bits per heavy atom. The fourth-order valence-corrected chi connectivity index (χ4v) is 3.29. The van der Waals surface area contributed by atoms with E-state index in [1.165, 1.54) is 6.92 Å². The smallest absolute Gasteiger partial charge is 0.302 e. The largest absolute Gasteiger partial charge is 0.491 e. The van der Waals surface area contributed by atoms with Crippen LogP contribution in [0.1, 0.15) is 36.6 Å². The van der Waals surface area contributed by atoms with E-state index in [1.54, 1.807) is 24.3 Å². The molecule has 1 atom stereocenters. The first kappa shape index (κ1) is 21.7. The minimum atomic E-state index is -0.381. The van der Waals surface area contributed by atoms with Crippen LogP contribution in [0.4, 0.5) is 5.69 Å². The second kappa shape index (κ2) is 10.7. The Morgan fingerprint density at radius 2 is 2.04 bits per heavy atom. The molecule has 2 aromatic rings. The van der Waals surface area contributed by atoms with Gasteiger partial charge in [0.15, 0.2) is 0 Å². The van der Waals surface area contributed by atoms with Crippen molar-refractivity contribution in [3.8, 4) is 11.8 Å². The summed E-state index contributed by atoms with van der Waals surface area (Å²) >= 11 is 3.53. The molecule has 0 aromatic heterocycles. The molecular weight excluding hydrogens is 424 g/mol. The van der Waals surface area contributed by atoms with Gasteiger partial charge in [0.05, 0.1) is 24.3 Å². The second-order valence-corrected chi connectivity index (χ2v) is 7.01. The topological polar surface area (TPSA) is 91.6 Å². The van der Waals surface area contributed by atoms with Gasteiger partial charge in [0.1, 0.15) is 19.0 Å². The van der Waals surface area contributed by atoms with Crippen LogP contribution in [0.5, 0.6) is 5.75 Å². The van der Waals surface area contributed by atoms with E-state index in [4.69, 9.17) is 14.7 Å². The van der Waals surface area contributed by atoms with Crippen molar-refractivity contribution in [2.45, 2.75) is 26.3 Å². The van der Waals surface area contributed by atoms with Gasteiger partial charge in [-0.15, -0.1) is 0 Å². The number of carbonyl (C=O) groups excluding carboxylic acids is 1. The number of rotatable bonds is 9. The molecule has 6 nitrogen and oxygen atoms in total. The summed E-state index contributed by atoms with van der Waals surface area (Å²) in [5, 5.41) is 21.5. The van der Waals surface area contributed by atoms with Crippen LogP contribution >= 0.6 is 15.9 Å². The third-order valence-electron chi connectivity index (χ3n) is 4.06. The molecule has 0 spiro atoms. The Bertz CT molecular complexity index is 847. The van der Waals surface area contributed by atoms with Gasteiger partial charge in [-0.05, 0) is 48.4 Å². The molecule has 0 radical (unpaired) electrons. The monoisotopic (exact) mass is 446 g/mol. The maximum Gasteiger partial charge on any atom is 0.302 e. The number of benzene rings is 2. The van der Waals surface area contributed by atoms with Gasteiger partial charge in [0.25, 0.3) is 0 Å². The average Bonchev–Trinajstić information content (AvgIpc) is 2.69. The highest BCUT2D eigenvalue weighted by Gasteiger charge is 2.21. The van der Waals surface area contributed by atoms with Gasteiger partial charge in [0, 0.05) is 22.6 Å². The summed E-state index contributed by atoms with van der Waals surface area (Å²) in [5.74, 6) is 0.285. The van der Waals surface area contributed by atoms with Gasteiger partial charge < -0.3 is 19.9 Å². The molecule has 0 amide bonds. The third-order valence-corrected chi connectivity index (χ3v) is 4.52. The lowest BCUT2D eigenvalue weighted by Crippen LogP contribution is -2.20. The summed E-state index contributed by atoms with van der Waals surface area (Å²) in [6, 6.07) is 12.6. The minimum absolute atomic E-state index is 0.101. The van der Waals surface area contributed by atoms with Crippen molar-refractivity contribution in [2.24, 2.45) is 0 Å². The zero-order valence-electron chi connectivity index (χ0n) is 15.9. The molecule has 0 saturated heterocycles. The number of nitriles is 1. The minimum Gasteiger partial charge on any atom is -0.491 e. The second-order valence-electron chi connectivity index (χ2n) is 6.10. The highest BCUT2D eigenvalue weighted by molar-refractivity contribution is 9.10. The Morgan fingerprint density at radius 3 is 2.61 bits per heavy atom. The van der Waals surface area contributed by atoms with Crippen LogP contribution in [0.25, 0.3) is 0 Å². The van der Waals surface area contributed by atoms with Gasteiger partial charge in [-0.25, -0.2) is 0 Å². The van der Waals surface area contributed by atoms with Gasteiger partial charge >= 0.3 is 5.97 Å². The summed E-state index contributed by atoms with van der Waals surface area (Å²) in [5.41, 5.74) is 3.13. The SMILES string of the molecule is CCc1cc(Br)cc(C(COC(C)=O)Nc2ccc(C#N)cc2)c1OCCO. The number of esters is 1. The summed E-state index contributed by atoms with van der Waals surface area (Å²) in [6.07, 6.45) is 0.740.